The highest BCUT2D eigenvalue weighted by atomic mass is 16.7. The van der Waals surface area contributed by atoms with Crippen LogP contribution < -0.4 is 5.56 Å². The smallest absolute Gasteiger partial charge is 0.274 e. The zero-order chi connectivity index (χ0) is 14.5. The molecule has 1 aromatic heterocycles. The van der Waals surface area contributed by atoms with Gasteiger partial charge in [-0.3, -0.25) is 14.4 Å². The minimum absolute atomic E-state index is 0.157. The number of benzene rings is 1. The van der Waals surface area contributed by atoms with Crippen LogP contribution in [0.25, 0.3) is 0 Å². The fraction of sp³-hybridized carbons (Fsp3) is 0.214. The first-order valence-corrected chi connectivity index (χ1v) is 6.06. The standard InChI is InChI=1S/C14H15N3O3/c1-16(20-2)14(19)12-8-9-13(18)17(15-12)10-11-6-4-3-5-7-11/h3-9H,10H2,1-2H3. The second-order valence-electron chi connectivity index (χ2n) is 4.19. The van der Waals surface area contributed by atoms with Gasteiger partial charge in [-0.2, -0.15) is 5.10 Å². The van der Waals surface area contributed by atoms with Gasteiger partial charge in [-0.25, -0.2) is 9.75 Å². The lowest BCUT2D eigenvalue weighted by Crippen LogP contribution is -2.30. The van der Waals surface area contributed by atoms with Crippen LogP contribution in [-0.4, -0.2) is 34.9 Å². The van der Waals surface area contributed by atoms with Gasteiger partial charge in [-0.15, -0.1) is 0 Å². The Morgan fingerprint density at radius 1 is 1.25 bits per heavy atom. The fourth-order valence-corrected chi connectivity index (χ4v) is 1.68. The lowest BCUT2D eigenvalue weighted by Gasteiger charge is -2.13. The molecule has 104 valence electrons. The Hall–Kier alpha value is -2.47. The molecule has 0 N–H and O–H groups in total. The fourth-order valence-electron chi connectivity index (χ4n) is 1.68. The van der Waals surface area contributed by atoms with E-state index in [4.69, 9.17) is 4.84 Å². The van der Waals surface area contributed by atoms with Crippen molar-refractivity contribution in [1.82, 2.24) is 14.8 Å². The number of hydroxylamine groups is 2. The number of hydrogen-bond donors (Lipinski definition) is 0. The summed E-state index contributed by atoms with van der Waals surface area (Å²) in [5.41, 5.74) is 0.835. The molecule has 0 spiro atoms. The molecule has 1 heterocycles. The van der Waals surface area contributed by atoms with Gasteiger partial charge in [0.05, 0.1) is 13.7 Å². The first-order chi connectivity index (χ1) is 9.61. The summed E-state index contributed by atoms with van der Waals surface area (Å²) in [6, 6.07) is 12.2. The number of carbonyl (C=O) groups excluding carboxylic acids is 1. The number of rotatable bonds is 4. The summed E-state index contributed by atoms with van der Waals surface area (Å²) in [5, 5.41) is 5.12. The van der Waals surface area contributed by atoms with Crippen molar-refractivity contribution in [2.45, 2.75) is 6.54 Å². The Balaban J connectivity index is 2.30. The normalized spacial score (nSPS) is 10.3. The van der Waals surface area contributed by atoms with Crippen molar-refractivity contribution in [3.63, 3.8) is 0 Å². The molecule has 0 unspecified atom stereocenters. The van der Waals surface area contributed by atoms with Crippen molar-refractivity contribution >= 4 is 5.91 Å². The zero-order valence-electron chi connectivity index (χ0n) is 11.3. The molecule has 0 aliphatic rings. The monoisotopic (exact) mass is 273 g/mol. The van der Waals surface area contributed by atoms with E-state index in [1.807, 2.05) is 30.3 Å². The van der Waals surface area contributed by atoms with Gasteiger partial charge in [0.15, 0.2) is 5.69 Å². The average molecular weight is 273 g/mol. The van der Waals surface area contributed by atoms with E-state index in [0.717, 1.165) is 10.6 Å². The molecule has 0 aliphatic carbocycles. The Morgan fingerprint density at radius 3 is 2.60 bits per heavy atom. The zero-order valence-corrected chi connectivity index (χ0v) is 11.3. The van der Waals surface area contributed by atoms with Gasteiger partial charge >= 0.3 is 0 Å². The van der Waals surface area contributed by atoms with E-state index in [9.17, 15) is 9.59 Å². The number of amides is 1. The topological polar surface area (TPSA) is 64.4 Å². The summed E-state index contributed by atoms with van der Waals surface area (Å²) in [6.45, 7) is 0.317. The summed E-state index contributed by atoms with van der Waals surface area (Å²) in [4.78, 5) is 28.5. The number of aromatic nitrogens is 2. The van der Waals surface area contributed by atoms with Crippen LogP contribution in [0, 0.1) is 0 Å². The van der Waals surface area contributed by atoms with Gasteiger partial charge in [0.25, 0.3) is 11.5 Å². The van der Waals surface area contributed by atoms with E-state index in [0.29, 0.717) is 6.54 Å². The largest absolute Gasteiger partial charge is 0.297 e. The van der Waals surface area contributed by atoms with Crippen molar-refractivity contribution in [2.24, 2.45) is 0 Å². The molecule has 2 aromatic rings. The molecule has 1 aromatic carbocycles. The van der Waals surface area contributed by atoms with Crippen LogP contribution in [-0.2, 0) is 11.4 Å². The Bertz CT molecular complexity index is 652. The summed E-state index contributed by atoms with van der Waals surface area (Å²) in [5.74, 6) is -0.408. The first kappa shape index (κ1) is 14.0. The Kier molecular flexibility index (Phi) is 4.27. The quantitative estimate of drug-likeness (QED) is 0.777. The highest BCUT2D eigenvalue weighted by molar-refractivity contribution is 5.91. The molecule has 0 saturated carbocycles. The minimum Gasteiger partial charge on any atom is -0.274 e. The number of hydrogen-bond acceptors (Lipinski definition) is 4. The van der Waals surface area contributed by atoms with E-state index in [2.05, 4.69) is 5.10 Å². The summed E-state index contributed by atoms with van der Waals surface area (Å²) in [6.07, 6.45) is 0. The molecule has 0 bridgehead atoms. The molecule has 20 heavy (non-hydrogen) atoms. The van der Waals surface area contributed by atoms with Gasteiger partial charge in [0.1, 0.15) is 0 Å². The van der Waals surface area contributed by atoms with Gasteiger partial charge in [-0.1, -0.05) is 30.3 Å². The molecule has 0 atom stereocenters. The van der Waals surface area contributed by atoms with Crippen molar-refractivity contribution in [3.8, 4) is 0 Å². The molecule has 0 fully saturated rings. The maximum absolute atomic E-state index is 11.9. The molecular weight excluding hydrogens is 258 g/mol. The number of nitrogens with zero attached hydrogens (tertiary/aromatic N) is 3. The molecule has 6 nitrogen and oxygen atoms in total. The van der Waals surface area contributed by atoms with Gasteiger partial charge in [0.2, 0.25) is 0 Å². The first-order valence-electron chi connectivity index (χ1n) is 6.06. The molecule has 0 saturated heterocycles. The van der Waals surface area contributed by atoms with E-state index in [1.54, 1.807) is 0 Å². The third-order valence-corrected chi connectivity index (χ3v) is 2.82. The second kappa shape index (κ2) is 6.12. The molecule has 6 heteroatoms. The van der Waals surface area contributed by atoms with Crippen molar-refractivity contribution in [2.75, 3.05) is 14.2 Å². The average Bonchev–Trinajstić information content (AvgIpc) is 2.49. The van der Waals surface area contributed by atoms with Crippen LogP contribution in [0.1, 0.15) is 16.1 Å². The summed E-state index contributed by atoms with van der Waals surface area (Å²) in [7, 11) is 2.87. The van der Waals surface area contributed by atoms with Gasteiger partial charge in [0, 0.05) is 13.1 Å². The number of carbonyl (C=O) groups is 1. The van der Waals surface area contributed by atoms with E-state index in [-0.39, 0.29) is 11.3 Å². The summed E-state index contributed by atoms with van der Waals surface area (Å²) >= 11 is 0. The van der Waals surface area contributed by atoms with Crippen LogP contribution in [0.2, 0.25) is 0 Å². The van der Waals surface area contributed by atoms with E-state index < -0.39 is 5.91 Å². The Morgan fingerprint density at radius 2 is 1.95 bits per heavy atom. The SMILES string of the molecule is CON(C)C(=O)c1ccc(=O)n(Cc2ccccc2)n1. The summed E-state index contributed by atoms with van der Waals surface area (Å²) < 4.78 is 1.26. The molecule has 2 rings (SSSR count). The van der Waals surface area contributed by atoms with Crippen LogP contribution in [0.4, 0.5) is 0 Å². The van der Waals surface area contributed by atoms with Crippen molar-refractivity contribution in [1.29, 1.82) is 0 Å². The molecule has 0 radical (unpaired) electrons. The predicted octanol–water partition coefficient (Wildman–Crippen LogP) is 0.925. The van der Waals surface area contributed by atoms with Crippen molar-refractivity contribution < 1.29 is 9.63 Å². The van der Waals surface area contributed by atoms with E-state index in [1.165, 1.54) is 31.0 Å². The highest BCUT2D eigenvalue weighted by Gasteiger charge is 2.14. The van der Waals surface area contributed by atoms with Crippen LogP contribution in [0.3, 0.4) is 0 Å². The van der Waals surface area contributed by atoms with Gasteiger partial charge in [-0.05, 0) is 11.6 Å². The third kappa shape index (κ3) is 3.10. The molecule has 1 amide bonds. The maximum atomic E-state index is 11.9. The van der Waals surface area contributed by atoms with Crippen molar-refractivity contribution in [3.05, 3.63) is 64.1 Å². The molecular formula is C14H15N3O3. The molecule has 0 aliphatic heterocycles. The van der Waals surface area contributed by atoms with Gasteiger partial charge < -0.3 is 0 Å². The lowest BCUT2D eigenvalue weighted by molar-refractivity contribution is -0.0761. The van der Waals surface area contributed by atoms with Crippen LogP contribution >= 0.6 is 0 Å². The maximum Gasteiger partial charge on any atom is 0.297 e. The highest BCUT2D eigenvalue weighted by Crippen LogP contribution is 2.01. The third-order valence-electron chi connectivity index (χ3n) is 2.82. The lowest BCUT2D eigenvalue weighted by atomic mass is 10.2. The van der Waals surface area contributed by atoms with Crippen LogP contribution in [0.5, 0.6) is 0 Å². The van der Waals surface area contributed by atoms with E-state index >= 15 is 0 Å². The van der Waals surface area contributed by atoms with Crippen LogP contribution in [0.15, 0.2) is 47.3 Å². The Labute approximate surface area is 116 Å². The second-order valence-corrected chi connectivity index (χ2v) is 4.19. The predicted molar refractivity (Wildman–Crippen MR) is 73.1 cm³/mol. The minimum atomic E-state index is -0.408.